The lowest BCUT2D eigenvalue weighted by Crippen LogP contribution is -2.38. The van der Waals surface area contributed by atoms with Crippen LogP contribution in [0.2, 0.25) is 0 Å². The van der Waals surface area contributed by atoms with Crippen molar-refractivity contribution in [2.24, 2.45) is 4.99 Å². The third-order valence-corrected chi connectivity index (χ3v) is 4.10. The van der Waals surface area contributed by atoms with Crippen LogP contribution < -0.4 is 15.4 Å². The SMILES string of the molecule is CCNC(=NCc1ccc(C)cc1OC(C)CC)NCCn1ccnc1.I. The van der Waals surface area contributed by atoms with Crippen molar-refractivity contribution in [3.63, 3.8) is 0 Å². The Bertz CT molecular complexity index is 688. The van der Waals surface area contributed by atoms with E-state index in [4.69, 9.17) is 9.73 Å². The zero-order chi connectivity index (χ0) is 18.8. The van der Waals surface area contributed by atoms with Gasteiger partial charge >= 0.3 is 0 Å². The highest BCUT2D eigenvalue weighted by Crippen LogP contribution is 2.23. The molecule has 1 unspecified atom stereocenters. The van der Waals surface area contributed by atoms with E-state index in [2.05, 4.69) is 61.5 Å². The second kappa shape index (κ2) is 12.6. The number of guanidine groups is 1. The lowest BCUT2D eigenvalue weighted by Gasteiger charge is -2.17. The predicted octanol–water partition coefficient (Wildman–Crippen LogP) is 3.74. The van der Waals surface area contributed by atoms with Gasteiger partial charge in [-0.1, -0.05) is 19.1 Å². The minimum absolute atomic E-state index is 0. The van der Waals surface area contributed by atoms with Gasteiger partial charge in [0.15, 0.2) is 5.96 Å². The van der Waals surface area contributed by atoms with E-state index in [1.807, 2.05) is 17.1 Å². The number of aliphatic imine (C=N–C) groups is 1. The molecule has 150 valence electrons. The van der Waals surface area contributed by atoms with Gasteiger partial charge in [-0.25, -0.2) is 9.98 Å². The van der Waals surface area contributed by atoms with Crippen molar-refractivity contribution < 1.29 is 4.74 Å². The molecule has 1 atom stereocenters. The van der Waals surface area contributed by atoms with Crippen LogP contribution in [0.1, 0.15) is 38.3 Å². The van der Waals surface area contributed by atoms with Crippen LogP contribution in [0.15, 0.2) is 41.9 Å². The molecule has 1 heterocycles. The molecule has 0 saturated heterocycles. The molecule has 0 aliphatic rings. The van der Waals surface area contributed by atoms with Gasteiger partial charge in [0.25, 0.3) is 0 Å². The number of hydrogen-bond donors (Lipinski definition) is 2. The summed E-state index contributed by atoms with van der Waals surface area (Å²) >= 11 is 0. The second-order valence-corrected chi connectivity index (χ2v) is 6.37. The van der Waals surface area contributed by atoms with Crippen LogP contribution >= 0.6 is 24.0 Å². The van der Waals surface area contributed by atoms with E-state index >= 15 is 0 Å². The first-order valence-corrected chi connectivity index (χ1v) is 9.36. The number of nitrogens with zero attached hydrogens (tertiary/aromatic N) is 3. The van der Waals surface area contributed by atoms with Crippen molar-refractivity contribution >= 4 is 29.9 Å². The van der Waals surface area contributed by atoms with Crippen LogP contribution in [0, 0.1) is 6.92 Å². The zero-order valence-corrected chi connectivity index (χ0v) is 19.1. The van der Waals surface area contributed by atoms with E-state index in [0.717, 1.165) is 43.3 Å². The highest BCUT2D eigenvalue weighted by molar-refractivity contribution is 14.0. The molecule has 0 bridgehead atoms. The summed E-state index contributed by atoms with van der Waals surface area (Å²) in [6.07, 6.45) is 6.73. The van der Waals surface area contributed by atoms with Crippen LogP contribution in [0.5, 0.6) is 5.75 Å². The van der Waals surface area contributed by atoms with Gasteiger partial charge in [-0.2, -0.15) is 0 Å². The van der Waals surface area contributed by atoms with E-state index in [0.29, 0.717) is 6.54 Å². The average molecular weight is 485 g/mol. The average Bonchev–Trinajstić information content (AvgIpc) is 3.14. The van der Waals surface area contributed by atoms with Crippen molar-refractivity contribution in [1.29, 1.82) is 0 Å². The number of aryl methyl sites for hydroxylation is 1. The summed E-state index contributed by atoms with van der Waals surface area (Å²) in [5, 5.41) is 6.65. The summed E-state index contributed by atoms with van der Waals surface area (Å²) in [5.41, 5.74) is 2.30. The van der Waals surface area contributed by atoms with Gasteiger partial charge in [-0.3, -0.25) is 0 Å². The Hall–Kier alpha value is -1.77. The topological polar surface area (TPSA) is 63.5 Å². The van der Waals surface area contributed by atoms with Crippen LogP contribution in [0.4, 0.5) is 0 Å². The summed E-state index contributed by atoms with van der Waals surface area (Å²) < 4.78 is 8.11. The normalized spacial score (nSPS) is 12.2. The van der Waals surface area contributed by atoms with Gasteiger partial charge in [-0.05, 0) is 38.8 Å². The van der Waals surface area contributed by atoms with Crippen molar-refractivity contribution in [3.05, 3.63) is 48.0 Å². The fourth-order valence-corrected chi connectivity index (χ4v) is 2.43. The standard InChI is InChI=1S/C20H31N5O.HI/c1-5-17(4)26-19-13-16(3)7-8-18(19)14-24-20(22-6-2)23-10-12-25-11-9-21-15-25;/h7-9,11,13,15,17H,5-6,10,12,14H2,1-4H3,(H2,22,23,24);1H. The molecule has 0 amide bonds. The molecular weight excluding hydrogens is 453 g/mol. The van der Waals surface area contributed by atoms with Crippen LogP contribution in [0.25, 0.3) is 0 Å². The number of nitrogens with one attached hydrogen (secondary N) is 2. The molecular formula is C20H32IN5O. The summed E-state index contributed by atoms with van der Waals surface area (Å²) in [7, 11) is 0. The van der Waals surface area contributed by atoms with Crippen molar-refractivity contribution in [1.82, 2.24) is 20.2 Å². The molecule has 0 saturated carbocycles. The second-order valence-electron chi connectivity index (χ2n) is 6.37. The molecule has 0 spiro atoms. The number of hydrogen-bond acceptors (Lipinski definition) is 3. The van der Waals surface area contributed by atoms with Gasteiger partial charge < -0.3 is 19.9 Å². The fourth-order valence-electron chi connectivity index (χ4n) is 2.43. The smallest absolute Gasteiger partial charge is 0.191 e. The number of halogens is 1. The Labute approximate surface area is 179 Å². The summed E-state index contributed by atoms with van der Waals surface area (Å²) in [4.78, 5) is 8.77. The van der Waals surface area contributed by atoms with Gasteiger partial charge in [0.2, 0.25) is 0 Å². The number of benzene rings is 1. The third-order valence-electron chi connectivity index (χ3n) is 4.10. The molecule has 2 aromatic rings. The van der Waals surface area contributed by atoms with E-state index < -0.39 is 0 Å². The van der Waals surface area contributed by atoms with Crippen LogP contribution in [-0.2, 0) is 13.1 Å². The van der Waals surface area contributed by atoms with Gasteiger partial charge in [-0.15, -0.1) is 24.0 Å². The van der Waals surface area contributed by atoms with E-state index in [1.54, 1.807) is 6.20 Å². The van der Waals surface area contributed by atoms with Gasteiger partial charge in [0, 0.05) is 37.6 Å². The number of rotatable bonds is 9. The predicted molar refractivity (Wildman–Crippen MR) is 122 cm³/mol. The summed E-state index contributed by atoms with van der Waals surface area (Å²) in [5.74, 6) is 1.74. The van der Waals surface area contributed by atoms with Gasteiger partial charge in [0.1, 0.15) is 5.75 Å². The molecule has 2 rings (SSSR count). The molecule has 7 heteroatoms. The number of aromatic nitrogens is 2. The minimum atomic E-state index is 0. The van der Waals surface area contributed by atoms with Crippen molar-refractivity contribution in [2.75, 3.05) is 13.1 Å². The zero-order valence-electron chi connectivity index (χ0n) is 16.7. The quantitative estimate of drug-likeness (QED) is 0.323. The highest BCUT2D eigenvalue weighted by atomic mass is 127. The molecule has 1 aromatic carbocycles. The molecule has 0 aliphatic heterocycles. The van der Waals surface area contributed by atoms with Crippen molar-refractivity contribution in [2.45, 2.75) is 53.3 Å². The van der Waals surface area contributed by atoms with E-state index in [1.165, 1.54) is 5.56 Å². The molecule has 0 radical (unpaired) electrons. The number of ether oxygens (including phenoxy) is 1. The Morgan fingerprint density at radius 2 is 2.11 bits per heavy atom. The molecule has 0 fully saturated rings. The Balaban J connectivity index is 0.00000364. The van der Waals surface area contributed by atoms with Crippen LogP contribution in [0.3, 0.4) is 0 Å². The maximum absolute atomic E-state index is 6.08. The fraction of sp³-hybridized carbons (Fsp3) is 0.500. The lowest BCUT2D eigenvalue weighted by molar-refractivity contribution is 0.215. The molecule has 1 aromatic heterocycles. The lowest BCUT2D eigenvalue weighted by atomic mass is 10.1. The number of imidazole rings is 1. The highest BCUT2D eigenvalue weighted by Gasteiger charge is 2.08. The largest absolute Gasteiger partial charge is 0.490 e. The maximum Gasteiger partial charge on any atom is 0.191 e. The maximum atomic E-state index is 6.08. The van der Waals surface area contributed by atoms with Crippen molar-refractivity contribution in [3.8, 4) is 5.75 Å². The summed E-state index contributed by atoms with van der Waals surface area (Å²) in [6, 6.07) is 6.30. The van der Waals surface area contributed by atoms with Crippen LogP contribution in [-0.4, -0.2) is 34.7 Å². The van der Waals surface area contributed by atoms with Gasteiger partial charge in [0.05, 0.1) is 19.0 Å². The van der Waals surface area contributed by atoms with E-state index in [-0.39, 0.29) is 30.1 Å². The Morgan fingerprint density at radius 3 is 2.78 bits per heavy atom. The molecule has 6 nitrogen and oxygen atoms in total. The first-order valence-electron chi connectivity index (χ1n) is 9.36. The Kier molecular flexibility index (Phi) is 10.8. The van der Waals surface area contributed by atoms with E-state index in [9.17, 15) is 0 Å². The molecule has 2 N–H and O–H groups in total. The first kappa shape index (κ1) is 23.3. The summed E-state index contributed by atoms with van der Waals surface area (Å²) in [6.45, 7) is 11.4. The third kappa shape index (κ3) is 8.19. The molecule has 0 aliphatic carbocycles. The Morgan fingerprint density at radius 1 is 1.30 bits per heavy atom. The molecule has 27 heavy (non-hydrogen) atoms. The minimum Gasteiger partial charge on any atom is -0.490 e. The monoisotopic (exact) mass is 485 g/mol. The first-order chi connectivity index (χ1) is 12.6.